The molecule has 2 atom stereocenters. The first-order chi connectivity index (χ1) is 9.22. The van der Waals surface area contributed by atoms with Crippen LogP contribution >= 0.6 is 0 Å². The highest BCUT2D eigenvalue weighted by molar-refractivity contribution is 5.76. The molecule has 1 fully saturated rings. The van der Waals surface area contributed by atoms with E-state index in [1.807, 2.05) is 20.8 Å². The van der Waals surface area contributed by atoms with E-state index in [1.54, 1.807) is 0 Å². The zero-order chi connectivity index (χ0) is 14.3. The summed E-state index contributed by atoms with van der Waals surface area (Å²) in [6.45, 7) is 8.90. The summed E-state index contributed by atoms with van der Waals surface area (Å²) in [6.07, 6.45) is 0.449. The second kappa shape index (κ2) is 7.95. The number of carbonyl (C=O) groups excluding carboxylic acids is 1. The number of ether oxygens (including phenoxy) is 2. The van der Waals surface area contributed by atoms with Crippen molar-refractivity contribution >= 4 is 5.97 Å². The van der Waals surface area contributed by atoms with Crippen LogP contribution in [0.5, 0.6) is 0 Å². The fourth-order valence-electron chi connectivity index (χ4n) is 2.20. The Morgan fingerprint density at radius 1 is 1.32 bits per heavy atom. The molecule has 2 rings (SSSR count). The highest BCUT2D eigenvalue weighted by atomic mass is 16.6. The van der Waals surface area contributed by atoms with Gasteiger partial charge in [-0.2, -0.15) is 0 Å². The van der Waals surface area contributed by atoms with Crippen molar-refractivity contribution in [2.75, 3.05) is 13.2 Å². The average molecular weight is 264 g/mol. The number of carbonyl (C=O) groups is 1. The first-order valence-corrected chi connectivity index (χ1v) is 7.07. The van der Waals surface area contributed by atoms with Gasteiger partial charge >= 0.3 is 5.97 Å². The number of aryl methyl sites for hydroxylation is 1. The van der Waals surface area contributed by atoms with Gasteiger partial charge in [0.2, 0.25) is 0 Å². The van der Waals surface area contributed by atoms with Crippen LogP contribution in [0, 0.1) is 6.92 Å². The maximum absolute atomic E-state index is 11.7. The average Bonchev–Trinajstić information content (AvgIpc) is 2.91. The largest absolute Gasteiger partial charge is 0.464 e. The lowest BCUT2D eigenvalue weighted by Gasteiger charge is -2.17. The van der Waals surface area contributed by atoms with Gasteiger partial charge < -0.3 is 9.47 Å². The number of benzene rings is 1. The van der Waals surface area contributed by atoms with Crippen molar-refractivity contribution < 1.29 is 14.3 Å². The molecule has 1 heterocycles. The van der Waals surface area contributed by atoms with E-state index in [2.05, 4.69) is 31.2 Å². The lowest BCUT2D eigenvalue weighted by atomic mass is 9.92. The topological polar surface area (TPSA) is 35.5 Å². The molecule has 1 aliphatic heterocycles. The fraction of sp³-hybridized carbons (Fsp3) is 0.562. The van der Waals surface area contributed by atoms with E-state index in [-0.39, 0.29) is 11.9 Å². The Morgan fingerprint density at radius 2 is 1.95 bits per heavy atom. The Morgan fingerprint density at radius 3 is 2.53 bits per heavy atom. The van der Waals surface area contributed by atoms with Crippen molar-refractivity contribution in [2.24, 2.45) is 0 Å². The Labute approximate surface area is 115 Å². The Hall–Kier alpha value is -1.35. The molecule has 0 bridgehead atoms. The number of hydrogen-bond acceptors (Lipinski definition) is 3. The van der Waals surface area contributed by atoms with Crippen LogP contribution in [-0.2, 0) is 14.3 Å². The molecule has 0 radical (unpaired) electrons. The van der Waals surface area contributed by atoms with E-state index < -0.39 is 6.10 Å². The molecule has 0 N–H and O–H groups in total. The minimum Gasteiger partial charge on any atom is -0.464 e. The summed E-state index contributed by atoms with van der Waals surface area (Å²) in [7, 11) is 0. The molecule has 0 aromatic heterocycles. The Bertz CT molecular complexity index is 383. The van der Waals surface area contributed by atoms with Crippen LogP contribution in [-0.4, -0.2) is 25.3 Å². The van der Waals surface area contributed by atoms with Gasteiger partial charge in [0.15, 0.2) is 6.10 Å². The third-order valence-electron chi connectivity index (χ3n) is 3.12. The fourth-order valence-corrected chi connectivity index (χ4v) is 2.20. The van der Waals surface area contributed by atoms with Gasteiger partial charge in [-0.1, -0.05) is 43.7 Å². The molecule has 1 aromatic carbocycles. The van der Waals surface area contributed by atoms with Crippen LogP contribution in [0.2, 0.25) is 0 Å². The molecule has 106 valence electrons. The molecule has 3 nitrogen and oxygen atoms in total. The van der Waals surface area contributed by atoms with Crippen molar-refractivity contribution in [1.29, 1.82) is 0 Å². The molecular formula is C16H24O3. The molecule has 0 amide bonds. The zero-order valence-electron chi connectivity index (χ0n) is 12.3. The molecule has 0 spiro atoms. The van der Waals surface area contributed by atoms with Crippen molar-refractivity contribution in [3.05, 3.63) is 35.4 Å². The van der Waals surface area contributed by atoms with Gasteiger partial charge in [-0.15, -0.1) is 0 Å². The van der Waals surface area contributed by atoms with Gasteiger partial charge in [0.05, 0.1) is 6.61 Å². The van der Waals surface area contributed by atoms with E-state index in [4.69, 9.17) is 9.47 Å². The summed E-state index contributed by atoms with van der Waals surface area (Å²) >= 11 is 0. The normalized spacial score (nSPS) is 21.5. The maximum Gasteiger partial charge on any atom is 0.335 e. The van der Waals surface area contributed by atoms with Crippen LogP contribution in [0.4, 0.5) is 0 Å². The molecule has 19 heavy (non-hydrogen) atoms. The van der Waals surface area contributed by atoms with Crippen molar-refractivity contribution in [1.82, 2.24) is 0 Å². The van der Waals surface area contributed by atoms with Crippen LogP contribution in [0.3, 0.4) is 0 Å². The molecule has 0 aliphatic carbocycles. The van der Waals surface area contributed by atoms with Crippen molar-refractivity contribution in [3.8, 4) is 0 Å². The third kappa shape index (κ3) is 4.06. The standard InChI is InChI=1S/C14H18O3.C2H6/c1-3-16-14(15)13-12(8-9-17-13)11-6-4-10(2)5-7-11;1-2/h4-7,12-13H,3,8-9H2,1-2H3;1-2H3/t12-,13-;/m1./s1. The van der Waals surface area contributed by atoms with Crippen molar-refractivity contribution in [3.63, 3.8) is 0 Å². The summed E-state index contributed by atoms with van der Waals surface area (Å²) in [5.41, 5.74) is 2.38. The maximum atomic E-state index is 11.7. The second-order valence-electron chi connectivity index (χ2n) is 4.35. The third-order valence-corrected chi connectivity index (χ3v) is 3.12. The summed E-state index contributed by atoms with van der Waals surface area (Å²) in [5.74, 6) is -0.106. The summed E-state index contributed by atoms with van der Waals surface area (Å²) in [6, 6.07) is 8.27. The number of hydrogen-bond donors (Lipinski definition) is 0. The second-order valence-corrected chi connectivity index (χ2v) is 4.35. The highest BCUT2D eigenvalue weighted by Crippen LogP contribution is 2.32. The summed E-state index contributed by atoms with van der Waals surface area (Å²) in [4.78, 5) is 11.7. The van der Waals surface area contributed by atoms with Crippen molar-refractivity contribution in [2.45, 2.75) is 46.1 Å². The molecule has 1 aromatic rings. The highest BCUT2D eigenvalue weighted by Gasteiger charge is 2.36. The van der Waals surface area contributed by atoms with E-state index >= 15 is 0 Å². The first kappa shape index (κ1) is 15.7. The van der Waals surface area contributed by atoms with Gasteiger partial charge in [0.1, 0.15) is 0 Å². The monoisotopic (exact) mass is 264 g/mol. The van der Waals surface area contributed by atoms with E-state index in [1.165, 1.54) is 5.56 Å². The van der Waals surface area contributed by atoms with Gasteiger partial charge in [-0.3, -0.25) is 0 Å². The minimum atomic E-state index is -0.433. The lowest BCUT2D eigenvalue weighted by molar-refractivity contribution is -0.154. The van der Waals surface area contributed by atoms with Gasteiger partial charge in [0.25, 0.3) is 0 Å². The molecular weight excluding hydrogens is 240 g/mol. The molecule has 3 heteroatoms. The van der Waals surface area contributed by atoms with Gasteiger partial charge in [-0.25, -0.2) is 4.79 Å². The predicted molar refractivity (Wildman–Crippen MR) is 76.3 cm³/mol. The van der Waals surface area contributed by atoms with E-state index in [0.717, 1.165) is 12.0 Å². The SMILES string of the molecule is CC.CCOC(=O)[C@@H]1OCC[C@@H]1c1ccc(C)cc1. The molecule has 1 aliphatic rings. The van der Waals surface area contributed by atoms with Gasteiger partial charge in [-0.05, 0) is 25.8 Å². The van der Waals surface area contributed by atoms with E-state index in [9.17, 15) is 4.79 Å². The Balaban J connectivity index is 0.000000861. The van der Waals surface area contributed by atoms with Crippen LogP contribution in [0.25, 0.3) is 0 Å². The molecule has 1 saturated heterocycles. The number of esters is 1. The minimum absolute atomic E-state index is 0.134. The summed E-state index contributed by atoms with van der Waals surface area (Å²) in [5, 5.41) is 0. The molecule has 0 saturated carbocycles. The quantitative estimate of drug-likeness (QED) is 0.784. The van der Waals surface area contributed by atoms with Crippen LogP contribution in [0.1, 0.15) is 44.2 Å². The smallest absolute Gasteiger partial charge is 0.335 e. The summed E-state index contributed by atoms with van der Waals surface area (Å²) < 4.78 is 10.5. The first-order valence-electron chi connectivity index (χ1n) is 7.07. The molecule has 0 unspecified atom stereocenters. The van der Waals surface area contributed by atoms with Crippen LogP contribution in [0.15, 0.2) is 24.3 Å². The Kier molecular flexibility index (Phi) is 6.57. The van der Waals surface area contributed by atoms with Gasteiger partial charge in [0, 0.05) is 12.5 Å². The predicted octanol–water partition coefficient (Wildman–Crippen LogP) is 3.46. The zero-order valence-corrected chi connectivity index (χ0v) is 12.3. The number of rotatable bonds is 3. The van der Waals surface area contributed by atoms with Crippen LogP contribution < -0.4 is 0 Å². The lowest BCUT2D eigenvalue weighted by Crippen LogP contribution is -2.27. The van der Waals surface area contributed by atoms with E-state index in [0.29, 0.717) is 13.2 Å².